The summed E-state index contributed by atoms with van der Waals surface area (Å²) in [5.74, 6) is -1.09. The van der Waals surface area contributed by atoms with E-state index in [1.165, 1.54) is 0 Å². The summed E-state index contributed by atoms with van der Waals surface area (Å²) >= 11 is 0. The maximum absolute atomic E-state index is 13.1. The SMILES string of the molecule is C[C@@H]1NC(=O)[C@H](Cc2ccccc2)NC(=O)c2cccc(c2)Nc2cccc(c2)CNC1=O. The highest BCUT2D eigenvalue weighted by molar-refractivity contribution is 5.99. The lowest BCUT2D eigenvalue weighted by Gasteiger charge is -2.22. The molecular weight excluding hydrogens is 416 g/mol. The molecule has 33 heavy (non-hydrogen) atoms. The first-order chi connectivity index (χ1) is 16.0. The molecule has 0 saturated heterocycles. The van der Waals surface area contributed by atoms with Gasteiger partial charge >= 0.3 is 0 Å². The van der Waals surface area contributed by atoms with Gasteiger partial charge in [-0.05, 0) is 48.4 Å². The standard InChI is InChI=1S/C26H26N4O3/c1-17-24(31)27-16-19-9-5-11-21(13-19)29-22-12-6-10-20(15-22)25(32)30-23(26(33)28-17)14-18-7-3-2-4-8-18/h2-13,15,17,23,29H,14,16H2,1H3,(H,27,31)(H,28,33)(H,30,32)/t17-,23-/m0/s1. The highest BCUT2D eigenvalue weighted by Gasteiger charge is 2.25. The summed E-state index contributed by atoms with van der Waals surface area (Å²) in [5, 5.41) is 11.7. The molecule has 7 nitrogen and oxygen atoms in total. The van der Waals surface area contributed by atoms with Crippen LogP contribution in [-0.2, 0) is 22.6 Å². The first-order valence-electron chi connectivity index (χ1n) is 10.9. The molecule has 0 spiro atoms. The highest BCUT2D eigenvalue weighted by atomic mass is 16.2. The van der Waals surface area contributed by atoms with Crippen molar-refractivity contribution in [1.82, 2.24) is 16.0 Å². The Kier molecular flexibility index (Phi) is 6.69. The minimum atomic E-state index is -0.840. The molecule has 1 heterocycles. The number of benzene rings is 3. The largest absolute Gasteiger partial charge is 0.355 e. The Labute approximate surface area is 192 Å². The maximum atomic E-state index is 13.1. The van der Waals surface area contributed by atoms with Gasteiger partial charge in [0.15, 0.2) is 0 Å². The van der Waals surface area contributed by atoms with E-state index in [1.807, 2.05) is 60.7 Å². The van der Waals surface area contributed by atoms with E-state index in [0.29, 0.717) is 18.5 Å². The molecule has 2 atom stereocenters. The van der Waals surface area contributed by atoms with E-state index in [2.05, 4.69) is 21.3 Å². The van der Waals surface area contributed by atoms with Crippen molar-refractivity contribution in [2.75, 3.05) is 5.32 Å². The van der Waals surface area contributed by atoms with E-state index in [0.717, 1.165) is 22.5 Å². The average molecular weight is 443 g/mol. The minimum absolute atomic E-state index is 0.301. The van der Waals surface area contributed by atoms with Crippen LogP contribution >= 0.6 is 0 Å². The molecule has 0 unspecified atom stereocenters. The summed E-state index contributed by atoms with van der Waals surface area (Å²) in [7, 11) is 0. The molecule has 0 fully saturated rings. The zero-order valence-electron chi connectivity index (χ0n) is 18.3. The van der Waals surface area contributed by atoms with Gasteiger partial charge in [0, 0.05) is 29.9 Å². The van der Waals surface area contributed by atoms with Crippen molar-refractivity contribution in [2.45, 2.75) is 32.0 Å². The Balaban J connectivity index is 1.66. The fourth-order valence-corrected chi connectivity index (χ4v) is 3.69. The van der Waals surface area contributed by atoms with Crippen molar-refractivity contribution in [3.8, 4) is 0 Å². The van der Waals surface area contributed by atoms with Gasteiger partial charge in [-0.25, -0.2) is 0 Å². The van der Waals surface area contributed by atoms with Crippen LogP contribution < -0.4 is 21.3 Å². The summed E-state index contributed by atoms with van der Waals surface area (Å²) in [6, 6.07) is 22.6. The molecule has 3 aromatic carbocycles. The molecule has 0 saturated carbocycles. The van der Waals surface area contributed by atoms with Crippen LogP contribution in [-0.4, -0.2) is 29.8 Å². The highest BCUT2D eigenvalue weighted by Crippen LogP contribution is 2.19. The van der Waals surface area contributed by atoms with Gasteiger partial charge in [-0.2, -0.15) is 0 Å². The summed E-state index contributed by atoms with van der Waals surface area (Å²) in [4.78, 5) is 38.7. The first kappa shape index (κ1) is 22.1. The molecule has 3 amide bonds. The Morgan fingerprint density at radius 3 is 2.30 bits per heavy atom. The molecule has 4 rings (SSSR count). The molecular formula is C26H26N4O3. The fraction of sp³-hybridized carbons (Fsp3) is 0.192. The van der Waals surface area contributed by atoms with Gasteiger partial charge in [-0.1, -0.05) is 48.5 Å². The number of fused-ring (bicyclic) bond motifs is 4. The fourth-order valence-electron chi connectivity index (χ4n) is 3.69. The topological polar surface area (TPSA) is 99.3 Å². The monoisotopic (exact) mass is 442 g/mol. The van der Waals surface area contributed by atoms with Crippen LogP contribution in [0.3, 0.4) is 0 Å². The molecule has 4 N–H and O–H groups in total. The second-order valence-electron chi connectivity index (χ2n) is 8.07. The normalized spacial score (nSPS) is 19.0. The maximum Gasteiger partial charge on any atom is 0.252 e. The Hall–Kier alpha value is -4.13. The summed E-state index contributed by atoms with van der Waals surface area (Å²) in [6.45, 7) is 1.96. The average Bonchev–Trinajstić information content (AvgIpc) is 2.82. The molecule has 0 aliphatic carbocycles. The molecule has 0 radical (unpaired) electrons. The summed E-state index contributed by atoms with van der Waals surface area (Å²) < 4.78 is 0. The third-order valence-corrected chi connectivity index (χ3v) is 5.46. The first-order valence-corrected chi connectivity index (χ1v) is 10.9. The second-order valence-corrected chi connectivity index (χ2v) is 8.07. The number of hydrogen-bond acceptors (Lipinski definition) is 4. The third-order valence-electron chi connectivity index (χ3n) is 5.46. The van der Waals surface area contributed by atoms with E-state index >= 15 is 0 Å². The van der Waals surface area contributed by atoms with Crippen LogP contribution in [0, 0.1) is 0 Å². The van der Waals surface area contributed by atoms with Gasteiger partial charge in [0.05, 0.1) is 0 Å². The molecule has 1 aliphatic rings. The third kappa shape index (κ3) is 5.77. The predicted molar refractivity (Wildman–Crippen MR) is 127 cm³/mol. The quantitative estimate of drug-likeness (QED) is 0.490. The van der Waals surface area contributed by atoms with Crippen molar-refractivity contribution in [3.05, 3.63) is 95.6 Å². The second kappa shape index (κ2) is 9.99. The molecule has 1 aliphatic heterocycles. The molecule has 7 heteroatoms. The lowest BCUT2D eigenvalue weighted by molar-refractivity contribution is -0.129. The van der Waals surface area contributed by atoms with Crippen LogP contribution in [0.15, 0.2) is 78.9 Å². The molecule has 168 valence electrons. The van der Waals surface area contributed by atoms with E-state index < -0.39 is 18.0 Å². The number of rotatable bonds is 2. The van der Waals surface area contributed by atoms with E-state index in [-0.39, 0.29) is 11.8 Å². The van der Waals surface area contributed by atoms with Gasteiger partial charge in [0.25, 0.3) is 5.91 Å². The molecule has 4 bridgehead atoms. The number of carbonyl (C=O) groups is 3. The van der Waals surface area contributed by atoms with Gasteiger partial charge in [0.2, 0.25) is 11.8 Å². The Morgan fingerprint density at radius 1 is 0.788 bits per heavy atom. The zero-order chi connectivity index (χ0) is 23.2. The number of carbonyl (C=O) groups excluding carboxylic acids is 3. The van der Waals surface area contributed by atoms with Crippen molar-refractivity contribution >= 4 is 29.1 Å². The number of hydrogen-bond donors (Lipinski definition) is 4. The summed E-state index contributed by atoms with van der Waals surface area (Å²) in [6.07, 6.45) is 0.301. The molecule has 0 aromatic heterocycles. The van der Waals surface area contributed by atoms with Gasteiger partial charge in [-0.15, -0.1) is 0 Å². The van der Waals surface area contributed by atoms with Gasteiger partial charge in [-0.3, -0.25) is 14.4 Å². The van der Waals surface area contributed by atoms with Crippen LogP contribution in [0.1, 0.15) is 28.4 Å². The lowest BCUT2D eigenvalue weighted by Crippen LogP contribution is -2.53. The smallest absolute Gasteiger partial charge is 0.252 e. The minimum Gasteiger partial charge on any atom is -0.355 e. The van der Waals surface area contributed by atoms with Gasteiger partial charge in [0.1, 0.15) is 12.1 Å². The number of nitrogens with one attached hydrogen (secondary N) is 4. The van der Waals surface area contributed by atoms with Gasteiger partial charge < -0.3 is 21.3 Å². The number of amides is 3. The van der Waals surface area contributed by atoms with E-state index in [1.54, 1.807) is 25.1 Å². The number of anilines is 2. The van der Waals surface area contributed by atoms with E-state index in [4.69, 9.17) is 0 Å². The van der Waals surface area contributed by atoms with Crippen molar-refractivity contribution in [2.24, 2.45) is 0 Å². The van der Waals surface area contributed by atoms with Crippen LogP contribution in [0.25, 0.3) is 0 Å². The van der Waals surface area contributed by atoms with Crippen molar-refractivity contribution in [1.29, 1.82) is 0 Å². The van der Waals surface area contributed by atoms with E-state index in [9.17, 15) is 14.4 Å². The Morgan fingerprint density at radius 2 is 1.52 bits per heavy atom. The zero-order valence-corrected chi connectivity index (χ0v) is 18.3. The Bertz CT molecular complexity index is 1160. The summed E-state index contributed by atoms with van der Waals surface area (Å²) in [5.41, 5.74) is 3.83. The predicted octanol–water partition coefficient (Wildman–Crippen LogP) is 2.91. The molecule has 3 aromatic rings. The van der Waals surface area contributed by atoms with Crippen LogP contribution in [0.4, 0.5) is 11.4 Å². The van der Waals surface area contributed by atoms with Crippen LogP contribution in [0.5, 0.6) is 0 Å². The van der Waals surface area contributed by atoms with Crippen LogP contribution in [0.2, 0.25) is 0 Å². The lowest BCUT2D eigenvalue weighted by atomic mass is 10.0. The van der Waals surface area contributed by atoms with Crippen molar-refractivity contribution in [3.63, 3.8) is 0 Å². The van der Waals surface area contributed by atoms with Crippen molar-refractivity contribution < 1.29 is 14.4 Å².